The van der Waals surface area contributed by atoms with Crippen LogP contribution in [0.2, 0.25) is 0 Å². The molecule has 2 atom stereocenters. The third-order valence-corrected chi connectivity index (χ3v) is 8.09. The molecule has 3 saturated carbocycles. The Hall–Kier alpha value is -1.59. The van der Waals surface area contributed by atoms with Gasteiger partial charge in [0.05, 0.1) is 0 Å². The van der Waals surface area contributed by atoms with Gasteiger partial charge in [-0.05, 0) is 81.5 Å². The van der Waals surface area contributed by atoms with Gasteiger partial charge in [-0.1, -0.05) is 6.92 Å². The van der Waals surface area contributed by atoms with Gasteiger partial charge in [-0.2, -0.15) is 0 Å². The summed E-state index contributed by atoms with van der Waals surface area (Å²) in [4.78, 5) is 41.9. The number of urea groups is 1. The molecule has 1 spiro atoms. The van der Waals surface area contributed by atoms with Gasteiger partial charge in [0.25, 0.3) is 5.91 Å². The molecule has 1 N–H and O–H groups in total. The van der Waals surface area contributed by atoms with Crippen molar-refractivity contribution in [1.29, 1.82) is 0 Å². The van der Waals surface area contributed by atoms with Crippen molar-refractivity contribution < 1.29 is 14.4 Å². The number of carbonyl (C=O) groups excluding carboxylic acids is 3. The highest BCUT2D eigenvalue weighted by atomic mass is 16.2. The number of nitrogens with zero attached hydrogens (tertiary/aromatic N) is 2. The molecule has 0 aromatic heterocycles. The van der Waals surface area contributed by atoms with E-state index in [1.165, 1.54) is 24.2 Å². The molecule has 3 heterocycles. The number of carbonyl (C=O) groups is 3. The quantitative estimate of drug-likeness (QED) is 0.756. The van der Waals surface area contributed by atoms with Gasteiger partial charge in [-0.25, -0.2) is 4.79 Å². The summed E-state index contributed by atoms with van der Waals surface area (Å²) in [5.74, 6) is 2.55. The van der Waals surface area contributed by atoms with Crippen molar-refractivity contribution in [1.82, 2.24) is 15.1 Å². The van der Waals surface area contributed by atoms with Crippen LogP contribution in [0.4, 0.5) is 4.79 Å². The van der Waals surface area contributed by atoms with Gasteiger partial charge in [0.2, 0.25) is 5.91 Å². The third kappa shape index (κ3) is 2.87. The third-order valence-electron chi connectivity index (χ3n) is 8.09. The average molecular weight is 373 g/mol. The summed E-state index contributed by atoms with van der Waals surface area (Å²) < 4.78 is 0. The van der Waals surface area contributed by atoms with E-state index in [1.807, 2.05) is 4.90 Å². The molecule has 3 saturated heterocycles. The second-order valence-corrected chi connectivity index (χ2v) is 10.1. The van der Waals surface area contributed by atoms with Crippen LogP contribution in [0.25, 0.3) is 0 Å². The molecule has 6 heteroatoms. The predicted octanol–water partition coefficient (Wildman–Crippen LogP) is 2.52. The Morgan fingerprint density at radius 1 is 1.04 bits per heavy atom. The van der Waals surface area contributed by atoms with Crippen LogP contribution in [-0.2, 0) is 9.59 Å². The lowest BCUT2D eigenvalue weighted by atomic mass is 9.68. The maximum atomic E-state index is 13.1. The molecule has 0 radical (unpaired) electrons. The fraction of sp³-hybridized carbons (Fsp3) is 0.857. The van der Waals surface area contributed by atoms with Crippen molar-refractivity contribution in [3.8, 4) is 0 Å². The molecule has 4 bridgehead atoms. The first kappa shape index (κ1) is 17.5. The van der Waals surface area contributed by atoms with Crippen LogP contribution in [0.15, 0.2) is 0 Å². The first-order chi connectivity index (χ1) is 12.9. The number of nitrogens with one attached hydrogen (secondary N) is 1. The Morgan fingerprint density at radius 2 is 1.67 bits per heavy atom. The summed E-state index contributed by atoms with van der Waals surface area (Å²) >= 11 is 0. The summed E-state index contributed by atoms with van der Waals surface area (Å²) in [6.07, 6.45) is 9.36. The second kappa shape index (κ2) is 6.21. The molecular formula is C21H31N3O3. The zero-order valence-corrected chi connectivity index (χ0v) is 16.3. The van der Waals surface area contributed by atoms with Crippen LogP contribution in [-0.4, -0.2) is 52.3 Å². The number of hydrogen-bond donors (Lipinski definition) is 1. The molecular weight excluding hydrogens is 342 g/mol. The van der Waals surface area contributed by atoms with E-state index in [0.717, 1.165) is 44.1 Å². The van der Waals surface area contributed by atoms with E-state index in [0.29, 0.717) is 30.7 Å². The average Bonchev–Trinajstić information content (AvgIpc) is 2.73. The zero-order valence-electron chi connectivity index (χ0n) is 16.3. The molecule has 0 aromatic carbocycles. The molecule has 6 aliphatic rings. The van der Waals surface area contributed by atoms with Gasteiger partial charge < -0.3 is 10.2 Å². The van der Waals surface area contributed by atoms with Gasteiger partial charge in [0.1, 0.15) is 12.1 Å². The van der Waals surface area contributed by atoms with Crippen LogP contribution in [0, 0.1) is 23.7 Å². The molecule has 2 unspecified atom stereocenters. The monoisotopic (exact) mass is 373 g/mol. The number of imide groups is 1. The lowest BCUT2D eigenvalue weighted by molar-refractivity contribution is -0.141. The Labute approximate surface area is 161 Å². The van der Waals surface area contributed by atoms with Crippen molar-refractivity contribution >= 4 is 17.8 Å². The van der Waals surface area contributed by atoms with Crippen molar-refractivity contribution in [3.63, 3.8) is 0 Å². The summed E-state index contributed by atoms with van der Waals surface area (Å²) in [7, 11) is 0. The lowest BCUT2D eigenvalue weighted by Crippen LogP contribution is -2.51. The number of hydrogen-bond acceptors (Lipinski definition) is 3. The van der Waals surface area contributed by atoms with Crippen molar-refractivity contribution in [2.45, 2.75) is 76.3 Å². The minimum Gasteiger partial charge on any atom is -0.338 e. The van der Waals surface area contributed by atoms with Gasteiger partial charge in [-0.15, -0.1) is 0 Å². The molecule has 3 aliphatic heterocycles. The number of rotatable bonds is 2. The summed E-state index contributed by atoms with van der Waals surface area (Å²) in [6.45, 7) is 2.93. The van der Waals surface area contributed by atoms with Crippen molar-refractivity contribution in [2.75, 3.05) is 13.1 Å². The maximum Gasteiger partial charge on any atom is 0.325 e. The van der Waals surface area contributed by atoms with Crippen LogP contribution < -0.4 is 5.32 Å². The van der Waals surface area contributed by atoms with E-state index in [-0.39, 0.29) is 24.4 Å². The largest absolute Gasteiger partial charge is 0.338 e. The van der Waals surface area contributed by atoms with E-state index in [4.69, 9.17) is 0 Å². The van der Waals surface area contributed by atoms with E-state index in [2.05, 4.69) is 12.2 Å². The Bertz CT molecular complexity index is 656. The molecule has 6 rings (SSSR count). The van der Waals surface area contributed by atoms with E-state index in [9.17, 15) is 14.4 Å². The highest BCUT2D eigenvalue weighted by Crippen LogP contribution is 2.47. The smallest absolute Gasteiger partial charge is 0.325 e. The second-order valence-electron chi connectivity index (χ2n) is 10.1. The van der Waals surface area contributed by atoms with Gasteiger partial charge in [0, 0.05) is 12.6 Å². The first-order valence-corrected chi connectivity index (χ1v) is 10.9. The van der Waals surface area contributed by atoms with Gasteiger partial charge >= 0.3 is 6.03 Å². The molecule has 0 aromatic rings. The van der Waals surface area contributed by atoms with Gasteiger partial charge in [0.15, 0.2) is 0 Å². The SMILES string of the molecule is CC1CCC2(CC1)NC(=O)N(CC(=O)N1CC3CC4CC(C3)CC1C4)C2=O. The van der Waals surface area contributed by atoms with Crippen LogP contribution in [0.3, 0.4) is 0 Å². The molecule has 3 aliphatic carbocycles. The van der Waals surface area contributed by atoms with Crippen LogP contribution >= 0.6 is 0 Å². The number of fused-ring (bicyclic) bond motifs is 1. The topological polar surface area (TPSA) is 69.7 Å². The highest BCUT2D eigenvalue weighted by molar-refractivity contribution is 6.09. The van der Waals surface area contributed by atoms with E-state index < -0.39 is 5.54 Å². The van der Waals surface area contributed by atoms with E-state index >= 15 is 0 Å². The normalized spacial score (nSPS) is 43.4. The zero-order chi connectivity index (χ0) is 18.8. The summed E-state index contributed by atoms with van der Waals surface area (Å²) in [5, 5.41) is 2.94. The molecule has 6 nitrogen and oxygen atoms in total. The predicted molar refractivity (Wildman–Crippen MR) is 99.7 cm³/mol. The minimum absolute atomic E-state index is 0.0297. The Morgan fingerprint density at radius 3 is 2.33 bits per heavy atom. The molecule has 148 valence electrons. The fourth-order valence-electron chi connectivity index (χ4n) is 6.73. The summed E-state index contributed by atoms with van der Waals surface area (Å²) in [6, 6.07) is -0.0532. The molecule has 4 amide bonds. The lowest BCUT2D eigenvalue weighted by Gasteiger charge is -2.39. The molecule has 27 heavy (non-hydrogen) atoms. The minimum atomic E-state index is -0.750. The van der Waals surface area contributed by atoms with Crippen molar-refractivity contribution in [2.24, 2.45) is 23.7 Å². The van der Waals surface area contributed by atoms with Crippen LogP contribution in [0.1, 0.15) is 64.7 Å². The Balaban J connectivity index is 1.29. The van der Waals surface area contributed by atoms with Gasteiger partial charge in [-0.3, -0.25) is 14.5 Å². The Kier molecular flexibility index (Phi) is 4.03. The maximum absolute atomic E-state index is 13.1. The van der Waals surface area contributed by atoms with Crippen LogP contribution in [0.5, 0.6) is 0 Å². The number of amides is 4. The standard InChI is InChI=1S/C21H31N3O3/c1-13-2-4-21(5-3-13)19(26)24(20(27)22-21)12-18(25)23-11-16-7-14-6-15(8-16)10-17(23)9-14/h13-17H,2-12H2,1H3,(H,22,27). The highest BCUT2D eigenvalue weighted by Gasteiger charge is 2.53. The summed E-state index contributed by atoms with van der Waals surface area (Å²) in [5.41, 5.74) is -0.750. The molecule has 6 fully saturated rings. The fourth-order valence-corrected chi connectivity index (χ4v) is 6.73. The van der Waals surface area contributed by atoms with Crippen molar-refractivity contribution in [3.05, 3.63) is 0 Å². The van der Waals surface area contributed by atoms with E-state index in [1.54, 1.807) is 0 Å². The first-order valence-electron chi connectivity index (χ1n) is 10.9.